The second-order valence-corrected chi connectivity index (χ2v) is 7.06. The minimum absolute atomic E-state index is 0.110. The number of hydrogen-bond acceptors (Lipinski definition) is 6. The van der Waals surface area contributed by atoms with Crippen LogP contribution < -0.4 is 10.9 Å². The lowest BCUT2D eigenvalue weighted by molar-refractivity contribution is -0.119. The first-order valence-electron chi connectivity index (χ1n) is 8.61. The maximum absolute atomic E-state index is 12.3. The van der Waals surface area contributed by atoms with Crippen molar-refractivity contribution < 1.29 is 9.21 Å². The summed E-state index contributed by atoms with van der Waals surface area (Å²) in [7, 11) is 0. The minimum Gasteiger partial charge on any atom is -0.467 e. The fourth-order valence-electron chi connectivity index (χ4n) is 2.75. The van der Waals surface area contributed by atoms with Crippen LogP contribution in [0.3, 0.4) is 0 Å². The maximum Gasteiger partial charge on any atom is 0.262 e. The molecule has 0 aliphatic rings. The molecule has 28 heavy (non-hydrogen) atoms. The van der Waals surface area contributed by atoms with E-state index in [-0.39, 0.29) is 23.3 Å². The summed E-state index contributed by atoms with van der Waals surface area (Å²) in [5.41, 5.74) is 0.956. The van der Waals surface area contributed by atoms with E-state index in [2.05, 4.69) is 20.4 Å². The molecule has 0 radical (unpaired) electrons. The predicted octanol–water partition coefficient (Wildman–Crippen LogP) is 2.67. The van der Waals surface area contributed by atoms with Crippen molar-refractivity contribution in [2.45, 2.75) is 18.1 Å². The Kier molecular flexibility index (Phi) is 4.98. The number of carbonyl (C=O) groups excluding carboxylic acids is 1. The van der Waals surface area contributed by atoms with Crippen molar-refractivity contribution in [3.8, 4) is 5.69 Å². The molecule has 1 amide bonds. The van der Waals surface area contributed by atoms with Crippen molar-refractivity contribution >= 4 is 28.7 Å². The molecule has 4 rings (SSSR count). The first kappa shape index (κ1) is 18.1. The van der Waals surface area contributed by atoms with Gasteiger partial charge in [-0.05, 0) is 31.2 Å². The zero-order chi connectivity index (χ0) is 19.5. The smallest absolute Gasteiger partial charge is 0.262 e. The van der Waals surface area contributed by atoms with Crippen molar-refractivity contribution in [1.82, 2.24) is 25.1 Å². The van der Waals surface area contributed by atoms with Crippen LogP contribution in [-0.4, -0.2) is 31.4 Å². The quantitative estimate of drug-likeness (QED) is 0.384. The second-order valence-electron chi connectivity index (χ2n) is 6.09. The van der Waals surface area contributed by atoms with Crippen molar-refractivity contribution in [3.05, 3.63) is 71.0 Å². The van der Waals surface area contributed by atoms with Gasteiger partial charge in [-0.1, -0.05) is 30.0 Å². The number of furan rings is 1. The van der Waals surface area contributed by atoms with Crippen LogP contribution in [0.25, 0.3) is 16.7 Å². The van der Waals surface area contributed by atoms with Gasteiger partial charge in [-0.2, -0.15) is 5.10 Å². The molecule has 0 saturated heterocycles. The predicted molar refractivity (Wildman–Crippen MR) is 105 cm³/mol. The van der Waals surface area contributed by atoms with Gasteiger partial charge in [0, 0.05) is 0 Å². The third-order valence-corrected chi connectivity index (χ3v) is 4.98. The summed E-state index contributed by atoms with van der Waals surface area (Å²) in [6.07, 6.45) is 3.05. The van der Waals surface area contributed by atoms with Gasteiger partial charge in [0.25, 0.3) is 5.56 Å². The van der Waals surface area contributed by atoms with Crippen LogP contribution in [0.15, 0.2) is 69.3 Å². The lowest BCUT2D eigenvalue weighted by Gasteiger charge is -2.11. The average molecular weight is 395 g/mol. The average Bonchev–Trinajstić information content (AvgIpc) is 3.37. The van der Waals surface area contributed by atoms with Gasteiger partial charge in [0.05, 0.1) is 29.9 Å². The number of thioether (sulfide) groups is 1. The molecule has 0 spiro atoms. The van der Waals surface area contributed by atoms with Crippen molar-refractivity contribution in [2.75, 3.05) is 5.75 Å². The van der Waals surface area contributed by atoms with E-state index in [4.69, 9.17) is 4.42 Å². The lowest BCUT2D eigenvalue weighted by atomic mass is 10.2. The standard InChI is InChI=1S/C19H17N5O3S/c1-12(15-8-5-9-27-15)21-16(25)11-28-19-22-17-14(18(26)23-19)10-20-24(17)13-6-3-2-4-7-13/h2-10,12H,11H2,1H3,(H,21,25)(H,22,23,26)/t12-/m0/s1. The highest BCUT2D eigenvalue weighted by molar-refractivity contribution is 7.99. The molecule has 0 aliphatic carbocycles. The molecule has 4 aromatic rings. The van der Waals surface area contributed by atoms with Gasteiger partial charge >= 0.3 is 0 Å². The van der Waals surface area contributed by atoms with Crippen LogP contribution in [0, 0.1) is 0 Å². The Morgan fingerprint density at radius 1 is 1.29 bits per heavy atom. The number of nitrogens with one attached hydrogen (secondary N) is 2. The van der Waals surface area contributed by atoms with Crippen molar-refractivity contribution in [1.29, 1.82) is 0 Å². The summed E-state index contributed by atoms with van der Waals surface area (Å²) in [5.74, 6) is 0.602. The molecule has 0 bridgehead atoms. The summed E-state index contributed by atoms with van der Waals surface area (Å²) in [5, 5.41) is 7.86. The molecule has 1 atom stereocenters. The van der Waals surface area contributed by atoms with E-state index in [0.29, 0.717) is 22.0 Å². The topological polar surface area (TPSA) is 106 Å². The second kappa shape index (κ2) is 7.73. The Morgan fingerprint density at radius 3 is 2.86 bits per heavy atom. The van der Waals surface area contributed by atoms with Crippen LogP contribution in [0.5, 0.6) is 0 Å². The number of hydrogen-bond donors (Lipinski definition) is 2. The zero-order valence-electron chi connectivity index (χ0n) is 15.0. The normalized spacial score (nSPS) is 12.2. The monoisotopic (exact) mass is 395 g/mol. The molecule has 2 N–H and O–H groups in total. The summed E-state index contributed by atoms with van der Waals surface area (Å²) >= 11 is 1.15. The van der Waals surface area contributed by atoms with Crippen LogP contribution in [0.4, 0.5) is 0 Å². The number of para-hydroxylation sites is 1. The Bertz CT molecular complexity index is 1150. The van der Waals surface area contributed by atoms with Gasteiger partial charge in [0.15, 0.2) is 10.8 Å². The van der Waals surface area contributed by atoms with Gasteiger partial charge in [0.1, 0.15) is 11.1 Å². The summed E-state index contributed by atoms with van der Waals surface area (Å²) in [6, 6.07) is 12.8. The molecule has 0 saturated carbocycles. The Hall–Kier alpha value is -3.33. The Labute approximate surface area is 164 Å². The SMILES string of the molecule is C[C@H](NC(=O)CSc1nc2c(cnn2-c2ccccc2)c(=O)[nH]1)c1ccco1. The zero-order valence-corrected chi connectivity index (χ0v) is 15.8. The molecule has 0 aliphatic heterocycles. The maximum atomic E-state index is 12.3. The third kappa shape index (κ3) is 3.70. The highest BCUT2D eigenvalue weighted by atomic mass is 32.2. The number of fused-ring (bicyclic) bond motifs is 1. The largest absolute Gasteiger partial charge is 0.467 e. The van der Waals surface area contributed by atoms with Crippen molar-refractivity contribution in [3.63, 3.8) is 0 Å². The van der Waals surface area contributed by atoms with Gasteiger partial charge in [0.2, 0.25) is 5.91 Å². The van der Waals surface area contributed by atoms with Crippen LogP contribution in [-0.2, 0) is 4.79 Å². The fraction of sp³-hybridized carbons (Fsp3) is 0.158. The first-order valence-corrected chi connectivity index (χ1v) is 9.59. The van der Waals surface area contributed by atoms with E-state index in [1.165, 1.54) is 6.20 Å². The summed E-state index contributed by atoms with van der Waals surface area (Å²) < 4.78 is 6.88. The highest BCUT2D eigenvalue weighted by Gasteiger charge is 2.15. The van der Waals surface area contributed by atoms with E-state index < -0.39 is 0 Å². The number of benzene rings is 1. The molecular formula is C19H17N5O3S. The molecular weight excluding hydrogens is 378 g/mol. The molecule has 0 fully saturated rings. The fourth-order valence-corrected chi connectivity index (χ4v) is 3.42. The number of carbonyl (C=O) groups is 1. The minimum atomic E-state index is -0.293. The summed E-state index contributed by atoms with van der Waals surface area (Å²) in [6.45, 7) is 1.84. The molecule has 8 nitrogen and oxygen atoms in total. The van der Waals surface area contributed by atoms with Crippen LogP contribution in [0.1, 0.15) is 18.7 Å². The van der Waals surface area contributed by atoms with E-state index in [9.17, 15) is 9.59 Å². The number of rotatable bonds is 6. The molecule has 9 heteroatoms. The number of H-pyrrole nitrogens is 1. The van der Waals surface area contributed by atoms with E-state index in [0.717, 1.165) is 17.4 Å². The molecule has 0 unspecified atom stereocenters. The lowest BCUT2D eigenvalue weighted by Crippen LogP contribution is -2.28. The molecule has 142 valence electrons. The van der Waals surface area contributed by atoms with E-state index >= 15 is 0 Å². The number of amides is 1. The first-order chi connectivity index (χ1) is 13.6. The van der Waals surface area contributed by atoms with Crippen LogP contribution in [0.2, 0.25) is 0 Å². The number of aromatic nitrogens is 4. The Morgan fingerprint density at radius 2 is 2.11 bits per heavy atom. The summed E-state index contributed by atoms with van der Waals surface area (Å²) in [4.78, 5) is 31.7. The molecule has 3 heterocycles. The molecule has 3 aromatic heterocycles. The van der Waals surface area contributed by atoms with Crippen LogP contribution >= 0.6 is 11.8 Å². The van der Waals surface area contributed by atoms with E-state index in [1.54, 1.807) is 23.1 Å². The van der Waals surface area contributed by atoms with E-state index in [1.807, 2.05) is 37.3 Å². The Balaban J connectivity index is 1.51. The van der Waals surface area contributed by atoms with Gasteiger partial charge in [-0.15, -0.1) is 0 Å². The van der Waals surface area contributed by atoms with Gasteiger partial charge in [-0.25, -0.2) is 9.67 Å². The molecule has 1 aromatic carbocycles. The number of aromatic amines is 1. The van der Waals surface area contributed by atoms with Gasteiger partial charge < -0.3 is 14.7 Å². The van der Waals surface area contributed by atoms with Crippen molar-refractivity contribution in [2.24, 2.45) is 0 Å². The number of nitrogens with zero attached hydrogens (tertiary/aromatic N) is 3. The third-order valence-electron chi connectivity index (χ3n) is 4.10. The highest BCUT2D eigenvalue weighted by Crippen LogP contribution is 2.18. The van der Waals surface area contributed by atoms with Gasteiger partial charge in [-0.3, -0.25) is 9.59 Å².